The van der Waals surface area contributed by atoms with Gasteiger partial charge in [0.1, 0.15) is 0 Å². The number of halogens is 2. The predicted octanol–water partition coefficient (Wildman–Crippen LogP) is 3.95. The number of benzene rings is 2. The fraction of sp³-hybridized carbons (Fsp3) is 0.458. The van der Waals surface area contributed by atoms with Crippen molar-refractivity contribution in [2.24, 2.45) is 5.41 Å². The van der Waals surface area contributed by atoms with E-state index in [4.69, 9.17) is 4.74 Å². The number of aliphatic hydroxyl groups is 1. The molecule has 2 aromatic carbocycles. The van der Waals surface area contributed by atoms with Crippen molar-refractivity contribution in [2.45, 2.75) is 38.2 Å². The molecule has 2 fully saturated rings. The van der Waals surface area contributed by atoms with Gasteiger partial charge >= 0.3 is 0 Å². The van der Waals surface area contributed by atoms with E-state index in [1.54, 1.807) is 11.0 Å². The van der Waals surface area contributed by atoms with Crippen LogP contribution in [0.4, 0.5) is 8.78 Å². The van der Waals surface area contributed by atoms with Crippen molar-refractivity contribution < 1.29 is 23.4 Å². The third kappa shape index (κ3) is 4.25. The lowest BCUT2D eigenvalue weighted by molar-refractivity contribution is -0.151. The van der Waals surface area contributed by atoms with E-state index in [2.05, 4.69) is 0 Å². The second kappa shape index (κ2) is 8.82. The number of nitrogens with zero attached hydrogens (tertiary/aromatic N) is 1. The van der Waals surface area contributed by atoms with E-state index in [1.165, 1.54) is 6.07 Å². The van der Waals surface area contributed by atoms with Crippen LogP contribution in [-0.2, 0) is 16.0 Å². The average Bonchev–Trinajstić information content (AvgIpc) is 2.76. The maximum atomic E-state index is 13.9. The number of ether oxygens (including phenoxy) is 1. The summed E-state index contributed by atoms with van der Waals surface area (Å²) in [4.78, 5) is 15.4. The monoisotopic (exact) mass is 415 g/mol. The summed E-state index contributed by atoms with van der Waals surface area (Å²) in [5.74, 6) is -1.71. The molecule has 0 bridgehead atoms. The molecule has 0 saturated carbocycles. The molecule has 30 heavy (non-hydrogen) atoms. The van der Waals surface area contributed by atoms with Crippen molar-refractivity contribution in [3.63, 3.8) is 0 Å². The highest BCUT2D eigenvalue weighted by Crippen LogP contribution is 2.39. The van der Waals surface area contributed by atoms with Gasteiger partial charge in [0.15, 0.2) is 11.6 Å². The first-order valence-corrected chi connectivity index (χ1v) is 10.6. The molecule has 1 N–H and O–H groups in total. The highest BCUT2D eigenvalue weighted by Gasteiger charge is 2.43. The molecule has 0 radical (unpaired) electrons. The van der Waals surface area contributed by atoms with Gasteiger partial charge < -0.3 is 14.7 Å². The summed E-state index contributed by atoms with van der Waals surface area (Å²) in [5, 5.41) is 10.1. The number of carbonyl (C=O) groups is 1. The van der Waals surface area contributed by atoms with Gasteiger partial charge in [0.25, 0.3) is 0 Å². The second-order valence-electron chi connectivity index (χ2n) is 8.40. The molecule has 1 unspecified atom stereocenters. The van der Waals surface area contributed by atoms with Crippen LogP contribution in [0.3, 0.4) is 0 Å². The lowest BCUT2D eigenvalue weighted by Gasteiger charge is -2.42. The molecule has 0 aromatic heterocycles. The summed E-state index contributed by atoms with van der Waals surface area (Å²) in [7, 11) is 0. The van der Waals surface area contributed by atoms with Crippen LogP contribution in [0.25, 0.3) is 11.1 Å². The first-order chi connectivity index (χ1) is 14.5. The maximum Gasteiger partial charge on any atom is 0.229 e. The van der Waals surface area contributed by atoms with Gasteiger partial charge in [0.05, 0.1) is 11.5 Å². The highest BCUT2D eigenvalue weighted by molar-refractivity contribution is 5.84. The Morgan fingerprint density at radius 1 is 1.13 bits per heavy atom. The van der Waals surface area contributed by atoms with Crippen LogP contribution in [0.5, 0.6) is 0 Å². The van der Waals surface area contributed by atoms with E-state index in [1.807, 2.05) is 24.3 Å². The summed E-state index contributed by atoms with van der Waals surface area (Å²) < 4.78 is 32.8. The molecule has 2 aromatic rings. The summed E-state index contributed by atoms with van der Waals surface area (Å²) in [5.41, 5.74) is 1.70. The number of likely N-dealkylation sites (tertiary alicyclic amines) is 1. The lowest BCUT2D eigenvalue weighted by Crippen LogP contribution is -2.52. The zero-order valence-corrected chi connectivity index (χ0v) is 16.9. The van der Waals surface area contributed by atoms with Crippen molar-refractivity contribution >= 4 is 5.91 Å². The topological polar surface area (TPSA) is 49.8 Å². The number of piperidine rings is 1. The number of hydrogen-bond donors (Lipinski definition) is 1. The maximum absolute atomic E-state index is 13.9. The molecule has 2 aliphatic heterocycles. The van der Waals surface area contributed by atoms with Gasteiger partial charge in [-0.25, -0.2) is 8.78 Å². The van der Waals surface area contributed by atoms with Crippen LogP contribution in [0.2, 0.25) is 0 Å². The molecule has 2 heterocycles. The van der Waals surface area contributed by atoms with Crippen LogP contribution in [0.1, 0.15) is 31.2 Å². The summed E-state index contributed by atoms with van der Waals surface area (Å²) in [6.45, 7) is 2.04. The van der Waals surface area contributed by atoms with E-state index < -0.39 is 23.2 Å². The Kier molecular flexibility index (Phi) is 6.16. The number of hydrogen-bond acceptors (Lipinski definition) is 3. The Hall–Kier alpha value is -2.31. The van der Waals surface area contributed by atoms with Gasteiger partial charge in [-0.3, -0.25) is 4.79 Å². The first kappa shape index (κ1) is 20.9. The van der Waals surface area contributed by atoms with E-state index in [0.29, 0.717) is 51.1 Å². The Morgan fingerprint density at radius 3 is 2.63 bits per heavy atom. The third-order valence-corrected chi connectivity index (χ3v) is 6.36. The van der Waals surface area contributed by atoms with E-state index >= 15 is 0 Å². The van der Waals surface area contributed by atoms with Crippen molar-refractivity contribution in [1.82, 2.24) is 4.90 Å². The zero-order valence-electron chi connectivity index (χ0n) is 16.9. The van der Waals surface area contributed by atoms with E-state index in [0.717, 1.165) is 30.0 Å². The van der Waals surface area contributed by atoms with Gasteiger partial charge in [-0.2, -0.15) is 0 Å². The molecule has 1 atom stereocenters. The molecule has 2 aliphatic rings. The van der Waals surface area contributed by atoms with Gasteiger partial charge in [-0.05, 0) is 60.9 Å². The number of β-amino-alcohol motifs (C(OH)–C–C–N with tert-alkyl or cyclic N) is 1. The second-order valence-corrected chi connectivity index (χ2v) is 8.40. The van der Waals surface area contributed by atoms with Crippen molar-refractivity contribution in [3.8, 4) is 11.1 Å². The van der Waals surface area contributed by atoms with Gasteiger partial charge in [0, 0.05) is 26.3 Å². The van der Waals surface area contributed by atoms with Crippen molar-refractivity contribution in [3.05, 3.63) is 59.7 Å². The van der Waals surface area contributed by atoms with Crippen LogP contribution in [-0.4, -0.2) is 48.3 Å². The van der Waals surface area contributed by atoms with Crippen LogP contribution in [0, 0.1) is 17.0 Å². The first-order valence-electron chi connectivity index (χ1n) is 10.6. The molecular weight excluding hydrogens is 388 g/mol. The Labute approximate surface area is 175 Å². The predicted molar refractivity (Wildman–Crippen MR) is 110 cm³/mol. The minimum absolute atomic E-state index is 0.0599. The van der Waals surface area contributed by atoms with Crippen LogP contribution in [0.15, 0.2) is 42.5 Å². The summed E-state index contributed by atoms with van der Waals surface area (Å²) in [6, 6.07) is 11.5. The minimum Gasteiger partial charge on any atom is -0.391 e. The Morgan fingerprint density at radius 2 is 1.90 bits per heavy atom. The molecule has 4 rings (SSSR count). The number of carbonyl (C=O) groups excluding carboxylic acids is 1. The molecule has 0 aliphatic carbocycles. The minimum atomic E-state index is -0.888. The molecule has 6 heteroatoms. The number of rotatable bonds is 4. The van der Waals surface area contributed by atoms with Crippen LogP contribution < -0.4 is 0 Å². The van der Waals surface area contributed by atoms with Gasteiger partial charge in [-0.1, -0.05) is 30.3 Å². The zero-order chi connectivity index (χ0) is 21.1. The molecule has 4 nitrogen and oxygen atoms in total. The fourth-order valence-electron chi connectivity index (χ4n) is 4.69. The number of amides is 1. The average molecular weight is 415 g/mol. The van der Waals surface area contributed by atoms with Crippen LogP contribution >= 0.6 is 0 Å². The largest absolute Gasteiger partial charge is 0.391 e. The molecular formula is C24H27F2NO3. The Balaban J connectivity index is 1.67. The van der Waals surface area contributed by atoms with Crippen molar-refractivity contribution in [1.29, 1.82) is 0 Å². The van der Waals surface area contributed by atoms with E-state index in [9.17, 15) is 18.7 Å². The normalized spacial score (nSPS) is 21.4. The number of aliphatic hydroxyl groups excluding tert-OH is 1. The highest BCUT2D eigenvalue weighted by atomic mass is 19.2. The summed E-state index contributed by atoms with van der Waals surface area (Å²) >= 11 is 0. The van der Waals surface area contributed by atoms with Gasteiger partial charge in [-0.15, -0.1) is 0 Å². The smallest absolute Gasteiger partial charge is 0.229 e. The fourth-order valence-corrected chi connectivity index (χ4v) is 4.69. The van der Waals surface area contributed by atoms with E-state index in [-0.39, 0.29) is 5.91 Å². The van der Waals surface area contributed by atoms with Gasteiger partial charge in [0.2, 0.25) is 5.91 Å². The Bertz CT molecular complexity index is 911. The standard InChI is InChI=1S/C24H27F2NO3/c25-21-8-7-17(14-22(21)26)20-6-2-1-4-18(20)15-24(9-12-30-13-10-24)23(29)27-11-3-5-19(28)16-27/h1-2,4,6-8,14,19,28H,3,5,9-13,15-16H2. The van der Waals surface area contributed by atoms with Crippen molar-refractivity contribution in [2.75, 3.05) is 26.3 Å². The third-order valence-electron chi connectivity index (χ3n) is 6.36. The lowest BCUT2D eigenvalue weighted by atomic mass is 9.72. The molecule has 1 amide bonds. The molecule has 2 saturated heterocycles. The molecule has 0 spiro atoms. The quantitative estimate of drug-likeness (QED) is 0.823. The SMILES string of the molecule is O=C(N1CCCC(O)C1)C1(Cc2ccccc2-c2ccc(F)c(F)c2)CCOCC1. The summed E-state index contributed by atoms with van der Waals surface area (Å²) in [6.07, 6.45) is 2.74. The molecule has 160 valence electrons.